The van der Waals surface area contributed by atoms with Crippen LogP contribution in [-0.4, -0.2) is 17.3 Å². The third-order valence-corrected chi connectivity index (χ3v) is 3.77. The number of nitrogens with two attached hydrogens (primary N) is 1. The van der Waals surface area contributed by atoms with E-state index in [1.54, 1.807) is 17.8 Å². The van der Waals surface area contributed by atoms with E-state index in [1.807, 2.05) is 30.3 Å². The van der Waals surface area contributed by atoms with Crippen molar-refractivity contribution in [2.45, 2.75) is 4.90 Å². The minimum atomic E-state index is -0.453. The topological polar surface area (TPSA) is 35.2 Å². The van der Waals surface area contributed by atoms with E-state index in [2.05, 4.69) is 0 Å². The predicted octanol–water partition coefficient (Wildman–Crippen LogP) is 3.63. The molecule has 2 rings (SSSR count). The molecule has 0 aliphatic heterocycles. The molecule has 0 spiro atoms. The maximum Gasteiger partial charge on any atom is 0.137 e. The molecule has 2 nitrogen and oxygen atoms in total. The molecule has 0 atom stereocenters. The van der Waals surface area contributed by atoms with Crippen LogP contribution >= 0.6 is 24.0 Å². The minimum absolute atomic E-state index is 0.0497. The molecule has 0 amide bonds. The van der Waals surface area contributed by atoms with Crippen molar-refractivity contribution >= 4 is 29.0 Å². The summed E-state index contributed by atoms with van der Waals surface area (Å²) in [5.41, 5.74) is 5.64. The van der Waals surface area contributed by atoms with Crippen LogP contribution in [0.25, 0.3) is 0 Å². The largest absolute Gasteiger partial charge is 0.493 e. The Morgan fingerprint density at radius 1 is 1.20 bits per heavy atom. The quantitative estimate of drug-likeness (QED) is 0.502. The third-order valence-electron chi connectivity index (χ3n) is 2.57. The Labute approximate surface area is 127 Å². The van der Waals surface area contributed by atoms with Crippen LogP contribution in [-0.2, 0) is 0 Å². The fourth-order valence-corrected chi connectivity index (χ4v) is 2.54. The Balaban J connectivity index is 1.83. The van der Waals surface area contributed by atoms with Gasteiger partial charge >= 0.3 is 0 Å². The normalized spacial score (nSPS) is 10.2. The van der Waals surface area contributed by atoms with Crippen LogP contribution in [0.3, 0.4) is 0 Å². The van der Waals surface area contributed by atoms with Crippen LogP contribution in [0.4, 0.5) is 4.39 Å². The van der Waals surface area contributed by atoms with E-state index in [-0.39, 0.29) is 10.6 Å². The lowest BCUT2D eigenvalue weighted by molar-refractivity contribution is 0.342. The van der Waals surface area contributed by atoms with E-state index in [4.69, 9.17) is 22.7 Å². The lowest BCUT2D eigenvalue weighted by Gasteiger charge is -2.08. The van der Waals surface area contributed by atoms with E-state index >= 15 is 0 Å². The highest BCUT2D eigenvalue weighted by molar-refractivity contribution is 7.99. The van der Waals surface area contributed by atoms with Gasteiger partial charge in [0.05, 0.1) is 6.61 Å². The van der Waals surface area contributed by atoms with Crippen LogP contribution in [0, 0.1) is 5.82 Å². The van der Waals surface area contributed by atoms with Crippen LogP contribution in [0.1, 0.15) is 5.56 Å². The first-order valence-electron chi connectivity index (χ1n) is 6.07. The lowest BCUT2D eigenvalue weighted by Crippen LogP contribution is -2.11. The van der Waals surface area contributed by atoms with Gasteiger partial charge < -0.3 is 10.5 Å². The second-order valence-corrected chi connectivity index (χ2v) is 5.62. The zero-order valence-electron chi connectivity index (χ0n) is 10.7. The van der Waals surface area contributed by atoms with Gasteiger partial charge in [0.15, 0.2) is 0 Å². The molecule has 0 unspecified atom stereocenters. The second-order valence-electron chi connectivity index (χ2n) is 4.02. The molecule has 0 bridgehead atoms. The Hall–Kier alpha value is -1.59. The van der Waals surface area contributed by atoms with E-state index < -0.39 is 5.82 Å². The predicted molar refractivity (Wildman–Crippen MR) is 84.9 cm³/mol. The Morgan fingerprint density at radius 2 is 1.95 bits per heavy atom. The number of thiocarbonyl (C=S) groups is 1. The van der Waals surface area contributed by atoms with Crippen LogP contribution in [0.5, 0.6) is 5.75 Å². The van der Waals surface area contributed by atoms with E-state index in [9.17, 15) is 4.39 Å². The van der Waals surface area contributed by atoms with Crippen molar-refractivity contribution in [1.82, 2.24) is 0 Å². The van der Waals surface area contributed by atoms with Crippen molar-refractivity contribution < 1.29 is 9.13 Å². The molecular weight excluding hydrogens is 293 g/mol. The van der Waals surface area contributed by atoms with Gasteiger partial charge in [0, 0.05) is 22.3 Å². The Kier molecular flexibility index (Phi) is 5.38. The highest BCUT2D eigenvalue weighted by atomic mass is 32.2. The number of halogens is 1. The van der Waals surface area contributed by atoms with Gasteiger partial charge in [-0.2, -0.15) is 0 Å². The average Bonchev–Trinajstić information content (AvgIpc) is 2.44. The standard InChI is InChI=1S/C15H14FNOS2/c16-14-10-11(6-7-13(14)15(17)19)18-8-9-20-12-4-2-1-3-5-12/h1-7,10H,8-9H2,(H2,17,19). The number of rotatable bonds is 6. The SMILES string of the molecule is NC(=S)c1ccc(OCCSc2ccccc2)cc1F. The fourth-order valence-electron chi connectivity index (χ4n) is 1.62. The first-order chi connectivity index (χ1) is 9.66. The van der Waals surface area contributed by atoms with E-state index in [0.717, 1.165) is 5.75 Å². The van der Waals surface area contributed by atoms with Gasteiger partial charge in [0.1, 0.15) is 16.6 Å². The van der Waals surface area contributed by atoms with Crippen molar-refractivity contribution in [2.75, 3.05) is 12.4 Å². The van der Waals surface area contributed by atoms with Crippen LogP contribution in [0.2, 0.25) is 0 Å². The number of benzene rings is 2. The summed E-state index contributed by atoms with van der Waals surface area (Å²) in [6, 6.07) is 14.6. The Morgan fingerprint density at radius 3 is 2.60 bits per heavy atom. The van der Waals surface area contributed by atoms with Gasteiger partial charge in [-0.3, -0.25) is 0 Å². The van der Waals surface area contributed by atoms with Gasteiger partial charge in [-0.25, -0.2) is 4.39 Å². The highest BCUT2D eigenvalue weighted by Gasteiger charge is 2.06. The highest BCUT2D eigenvalue weighted by Crippen LogP contribution is 2.19. The van der Waals surface area contributed by atoms with Crippen molar-refractivity contribution in [2.24, 2.45) is 5.73 Å². The molecule has 0 saturated heterocycles. The van der Waals surface area contributed by atoms with Crippen molar-refractivity contribution in [3.05, 3.63) is 59.9 Å². The molecule has 5 heteroatoms. The average molecular weight is 307 g/mol. The van der Waals surface area contributed by atoms with Crippen molar-refractivity contribution in [3.63, 3.8) is 0 Å². The fraction of sp³-hybridized carbons (Fsp3) is 0.133. The smallest absolute Gasteiger partial charge is 0.137 e. The maximum absolute atomic E-state index is 13.6. The Bertz CT molecular complexity index is 590. The summed E-state index contributed by atoms with van der Waals surface area (Å²) >= 11 is 6.44. The molecule has 2 aromatic carbocycles. The zero-order valence-corrected chi connectivity index (χ0v) is 12.3. The van der Waals surface area contributed by atoms with E-state index in [0.29, 0.717) is 12.4 Å². The van der Waals surface area contributed by atoms with Gasteiger partial charge in [-0.15, -0.1) is 11.8 Å². The van der Waals surface area contributed by atoms with Gasteiger partial charge in [0.2, 0.25) is 0 Å². The summed E-state index contributed by atoms with van der Waals surface area (Å²) in [4.78, 5) is 1.24. The van der Waals surface area contributed by atoms with Crippen LogP contribution < -0.4 is 10.5 Å². The first kappa shape index (κ1) is 14.8. The third kappa shape index (κ3) is 4.21. The number of hydrogen-bond donors (Lipinski definition) is 1. The summed E-state index contributed by atoms with van der Waals surface area (Å²) in [5, 5.41) is 0. The number of hydrogen-bond acceptors (Lipinski definition) is 3. The van der Waals surface area contributed by atoms with Crippen LogP contribution in [0.15, 0.2) is 53.4 Å². The van der Waals surface area contributed by atoms with Crippen molar-refractivity contribution in [1.29, 1.82) is 0 Å². The molecule has 0 aliphatic rings. The molecule has 0 aliphatic carbocycles. The summed E-state index contributed by atoms with van der Waals surface area (Å²) in [7, 11) is 0. The maximum atomic E-state index is 13.6. The lowest BCUT2D eigenvalue weighted by atomic mass is 10.2. The molecular formula is C15H14FNOS2. The molecule has 0 radical (unpaired) electrons. The molecule has 2 aromatic rings. The molecule has 0 saturated carbocycles. The van der Waals surface area contributed by atoms with Gasteiger partial charge in [-0.05, 0) is 24.3 Å². The zero-order chi connectivity index (χ0) is 14.4. The first-order valence-corrected chi connectivity index (χ1v) is 7.46. The summed E-state index contributed by atoms with van der Waals surface area (Å²) in [5.74, 6) is 0.824. The van der Waals surface area contributed by atoms with Gasteiger partial charge in [0.25, 0.3) is 0 Å². The summed E-state index contributed by atoms with van der Waals surface area (Å²) in [6.07, 6.45) is 0. The molecule has 2 N–H and O–H groups in total. The summed E-state index contributed by atoms with van der Waals surface area (Å²) < 4.78 is 19.1. The van der Waals surface area contributed by atoms with Crippen molar-refractivity contribution in [3.8, 4) is 5.75 Å². The van der Waals surface area contributed by atoms with E-state index in [1.165, 1.54) is 17.0 Å². The molecule has 0 fully saturated rings. The minimum Gasteiger partial charge on any atom is -0.493 e. The monoisotopic (exact) mass is 307 g/mol. The molecule has 104 valence electrons. The molecule has 0 heterocycles. The molecule has 0 aromatic heterocycles. The number of thioether (sulfide) groups is 1. The van der Waals surface area contributed by atoms with Gasteiger partial charge in [-0.1, -0.05) is 30.4 Å². The number of ether oxygens (including phenoxy) is 1. The second kappa shape index (κ2) is 7.26. The molecule has 20 heavy (non-hydrogen) atoms. The summed E-state index contributed by atoms with van der Waals surface area (Å²) in [6.45, 7) is 0.505.